The lowest BCUT2D eigenvalue weighted by Crippen LogP contribution is -2.27. The van der Waals surface area contributed by atoms with Gasteiger partial charge in [0.15, 0.2) is 6.61 Å². The molecule has 0 aliphatic carbocycles. The number of anilines is 2. The zero-order valence-corrected chi connectivity index (χ0v) is 18.2. The van der Waals surface area contributed by atoms with Crippen LogP contribution in [0.15, 0.2) is 42.5 Å². The lowest BCUT2D eigenvalue weighted by Gasteiger charge is -2.19. The molecule has 1 saturated heterocycles. The predicted molar refractivity (Wildman–Crippen MR) is 119 cm³/mol. The molecule has 0 aromatic heterocycles. The van der Waals surface area contributed by atoms with Crippen LogP contribution in [0.3, 0.4) is 0 Å². The van der Waals surface area contributed by atoms with Gasteiger partial charge in [0.1, 0.15) is 5.75 Å². The summed E-state index contributed by atoms with van der Waals surface area (Å²) in [6.07, 6.45) is 1.77. The molecule has 0 saturated carbocycles. The average molecular weight is 465 g/mol. The first kappa shape index (κ1) is 22.9. The Morgan fingerprint density at radius 2 is 1.94 bits per heavy atom. The summed E-state index contributed by atoms with van der Waals surface area (Å²) in [5.41, 5.74) is 1.15. The lowest BCUT2D eigenvalue weighted by atomic mass is 10.2. The number of halogens is 2. The largest absolute Gasteiger partial charge is 0.492 e. The molecule has 1 N–H and O–H groups in total. The van der Waals surface area contributed by atoms with Crippen LogP contribution in [0.5, 0.6) is 5.75 Å². The first-order chi connectivity index (χ1) is 14.9. The summed E-state index contributed by atoms with van der Waals surface area (Å²) >= 11 is 11.8. The Morgan fingerprint density at radius 3 is 2.68 bits per heavy atom. The van der Waals surface area contributed by atoms with Crippen molar-refractivity contribution in [2.75, 3.05) is 30.0 Å². The van der Waals surface area contributed by atoms with E-state index in [9.17, 15) is 14.4 Å². The molecule has 9 heteroatoms. The van der Waals surface area contributed by atoms with Gasteiger partial charge in [0, 0.05) is 24.4 Å². The van der Waals surface area contributed by atoms with Gasteiger partial charge in [-0.2, -0.15) is 0 Å². The highest BCUT2D eigenvalue weighted by Crippen LogP contribution is 2.29. The second-order valence-corrected chi connectivity index (χ2v) is 7.75. The Morgan fingerprint density at radius 1 is 1.13 bits per heavy atom. The fourth-order valence-corrected chi connectivity index (χ4v) is 3.58. The van der Waals surface area contributed by atoms with E-state index in [1.165, 1.54) is 0 Å². The number of para-hydroxylation sites is 2. The molecule has 0 atom stereocenters. The van der Waals surface area contributed by atoms with Crippen LogP contribution in [0.4, 0.5) is 11.4 Å². The number of hydrogen-bond acceptors (Lipinski definition) is 5. The normalized spacial score (nSPS) is 13.2. The molecular weight excluding hydrogens is 443 g/mol. The molecule has 2 aromatic rings. The summed E-state index contributed by atoms with van der Waals surface area (Å²) in [6, 6.07) is 11.9. The molecule has 0 unspecified atom stereocenters. The zero-order chi connectivity index (χ0) is 22.2. The summed E-state index contributed by atoms with van der Waals surface area (Å²) in [5, 5.41) is 3.60. The van der Waals surface area contributed by atoms with Crippen molar-refractivity contribution in [3.63, 3.8) is 0 Å². The molecule has 164 valence electrons. The summed E-state index contributed by atoms with van der Waals surface area (Å²) < 4.78 is 10.5. The number of ether oxygens (including phenoxy) is 2. The monoisotopic (exact) mass is 464 g/mol. The fourth-order valence-electron chi connectivity index (χ4n) is 3.11. The Balaban J connectivity index is 1.40. The highest BCUT2D eigenvalue weighted by atomic mass is 35.5. The molecular formula is C22H22Cl2N2O5. The molecule has 0 radical (unpaired) electrons. The Kier molecular flexibility index (Phi) is 8.14. The second kappa shape index (κ2) is 11.0. The highest BCUT2D eigenvalue weighted by molar-refractivity contribution is 6.35. The molecule has 2 aromatic carbocycles. The van der Waals surface area contributed by atoms with Gasteiger partial charge in [-0.05, 0) is 43.2 Å². The number of carbonyl (C=O) groups excluding carboxylic acids is 3. The van der Waals surface area contributed by atoms with Crippen LogP contribution in [0, 0.1) is 0 Å². The van der Waals surface area contributed by atoms with E-state index in [1.807, 2.05) is 0 Å². The van der Waals surface area contributed by atoms with Crippen LogP contribution in [-0.4, -0.2) is 37.5 Å². The van der Waals surface area contributed by atoms with Crippen molar-refractivity contribution in [2.45, 2.75) is 25.7 Å². The second-order valence-electron chi connectivity index (χ2n) is 6.90. The quantitative estimate of drug-likeness (QED) is 0.437. The Labute approximate surface area is 190 Å². The van der Waals surface area contributed by atoms with Crippen molar-refractivity contribution in [1.29, 1.82) is 0 Å². The minimum Gasteiger partial charge on any atom is -0.492 e. The Hall–Kier alpha value is -2.77. The van der Waals surface area contributed by atoms with E-state index >= 15 is 0 Å². The summed E-state index contributed by atoms with van der Waals surface area (Å²) in [6.45, 7) is 0.467. The number of nitrogens with one attached hydrogen (secondary N) is 1. The maximum Gasteiger partial charge on any atom is 0.306 e. The number of benzene rings is 2. The van der Waals surface area contributed by atoms with Gasteiger partial charge in [0.05, 0.1) is 23.0 Å². The number of rotatable bonds is 9. The smallest absolute Gasteiger partial charge is 0.306 e. The van der Waals surface area contributed by atoms with E-state index in [2.05, 4.69) is 5.32 Å². The van der Waals surface area contributed by atoms with Gasteiger partial charge in [-0.15, -0.1) is 0 Å². The van der Waals surface area contributed by atoms with E-state index < -0.39 is 18.5 Å². The lowest BCUT2D eigenvalue weighted by molar-refractivity contribution is -0.147. The van der Waals surface area contributed by atoms with Crippen LogP contribution in [0.1, 0.15) is 25.7 Å². The van der Waals surface area contributed by atoms with Crippen LogP contribution >= 0.6 is 23.2 Å². The van der Waals surface area contributed by atoms with Crippen molar-refractivity contribution in [2.24, 2.45) is 0 Å². The van der Waals surface area contributed by atoms with Crippen LogP contribution in [0.2, 0.25) is 10.0 Å². The average Bonchev–Trinajstić information content (AvgIpc) is 3.17. The third-order valence-corrected chi connectivity index (χ3v) is 5.11. The molecule has 3 rings (SSSR count). The van der Waals surface area contributed by atoms with E-state index in [4.69, 9.17) is 32.7 Å². The molecule has 1 heterocycles. The van der Waals surface area contributed by atoms with Crippen molar-refractivity contribution in [3.05, 3.63) is 52.5 Å². The van der Waals surface area contributed by atoms with E-state index in [-0.39, 0.29) is 18.9 Å². The molecule has 1 aliphatic rings. The van der Waals surface area contributed by atoms with E-state index in [0.717, 1.165) is 6.42 Å². The summed E-state index contributed by atoms with van der Waals surface area (Å²) in [7, 11) is 0. The molecule has 2 amide bonds. The minimum atomic E-state index is -0.510. The summed E-state index contributed by atoms with van der Waals surface area (Å²) in [5.74, 6) is -0.482. The molecule has 31 heavy (non-hydrogen) atoms. The number of hydrogen-bond donors (Lipinski definition) is 1. The van der Waals surface area contributed by atoms with Gasteiger partial charge in [-0.25, -0.2) is 0 Å². The predicted octanol–water partition coefficient (Wildman–Crippen LogP) is 4.46. The molecule has 0 spiro atoms. The topological polar surface area (TPSA) is 84.9 Å². The maximum absolute atomic E-state index is 12.2. The number of carbonyl (C=O) groups is 3. The van der Waals surface area contributed by atoms with Gasteiger partial charge in [-0.1, -0.05) is 35.3 Å². The maximum atomic E-state index is 12.2. The fraction of sp³-hybridized carbons (Fsp3) is 0.318. The number of nitrogens with zero attached hydrogens (tertiary/aromatic N) is 1. The Bertz CT molecular complexity index is 967. The summed E-state index contributed by atoms with van der Waals surface area (Å²) in [4.78, 5) is 37.7. The van der Waals surface area contributed by atoms with Gasteiger partial charge in [0.2, 0.25) is 5.91 Å². The van der Waals surface area contributed by atoms with Gasteiger partial charge in [0.25, 0.3) is 5.91 Å². The first-order valence-electron chi connectivity index (χ1n) is 9.87. The molecule has 1 fully saturated rings. The van der Waals surface area contributed by atoms with Crippen molar-refractivity contribution < 1.29 is 23.9 Å². The zero-order valence-electron chi connectivity index (χ0n) is 16.7. The van der Waals surface area contributed by atoms with Gasteiger partial charge < -0.3 is 19.7 Å². The van der Waals surface area contributed by atoms with E-state index in [1.54, 1.807) is 47.4 Å². The van der Waals surface area contributed by atoms with Gasteiger partial charge >= 0.3 is 5.97 Å². The molecule has 7 nitrogen and oxygen atoms in total. The molecule has 0 bridgehead atoms. The number of esters is 1. The minimum absolute atomic E-state index is 0.0234. The van der Waals surface area contributed by atoms with Crippen LogP contribution < -0.4 is 15.0 Å². The standard InChI is InChI=1S/C22H22Cl2N2O5/c23-15-9-10-19(16(24)13-15)30-12-4-8-22(29)31-14-20(27)25-17-5-1-2-6-18(17)26-11-3-7-21(26)28/h1-2,5-6,9-10,13H,3-4,7-8,11-12,14H2,(H,25,27). The van der Waals surface area contributed by atoms with E-state index in [0.29, 0.717) is 46.6 Å². The van der Waals surface area contributed by atoms with Crippen LogP contribution in [0.25, 0.3) is 0 Å². The molecule has 1 aliphatic heterocycles. The third kappa shape index (κ3) is 6.60. The SMILES string of the molecule is O=C(COC(=O)CCCOc1ccc(Cl)cc1Cl)Nc1ccccc1N1CCCC1=O. The van der Waals surface area contributed by atoms with Crippen molar-refractivity contribution >= 4 is 52.4 Å². The van der Waals surface area contributed by atoms with Crippen molar-refractivity contribution in [3.8, 4) is 5.75 Å². The highest BCUT2D eigenvalue weighted by Gasteiger charge is 2.24. The first-order valence-corrected chi connectivity index (χ1v) is 10.6. The third-order valence-electron chi connectivity index (χ3n) is 4.58. The van der Waals surface area contributed by atoms with Gasteiger partial charge in [-0.3, -0.25) is 14.4 Å². The van der Waals surface area contributed by atoms with Crippen LogP contribution in [-0.2, 0) is 19.1 Å². The van der Waals surface area contributed by atoms with Crippen molar-refractivity contribution in [1.82, 2.24) is 0 Å². The number of amides is 2.